The number of carboxylic acid groups (broad SMARTS) is 1. The summed E-state index contributed by atoms with van der Waals surface area (Å²) in [7, 11) is 1.53. The van der Waals surface area contributed by atoms with E-state index in [1.165, 1.54) is 7.11 Å². The number of hydroxylamine groups is 2. The molecule has 0 aliphatic carbocycles. The van der Waals surface area contributed by atoms with Gasteiger partial charge in [-0.2, -0.15) is 0 Å². The van der Waals surface area contributed by atoms with Crippen molar-refractivity contribution in [3.8, 4) is 5.75 Å². The highest BCUT2D eigenvalue weighted by Crippen LogP contribution is 2.24. The first-order valence-corrected chi connectivity index (χ1v) is 6.13. The van der Waals surface area contributed by atoms with E-state index in [4.69, 9.17) is 20.4 Å². The van der Waals surface area contributed by atoms with Crippen molar-refractivity contribution in [3.63, 3.8) is 0 Å². The van der Waals surface area contributed by atoms with Crippen molar-refractivity contribution in [3.05, 3.63) is 23.8 Å². The van der Waals surface area contributed by atoms with Gasteiger partial charge in [0, 0.05) is 23.7 Å². The van der Waals surface area contributed by atoms with Crippen LogP contribution in [0, 0.1) is 0 Å². The number of ether oxygens (including phenoxy) is 1. The molecule has 1 aromatic rings. The van der Waals surface area contributed by atoms with E-state index < -0.39 is 12.0 Å². The fourth-order valence-electron chi connectivity index (χ4n) is 2.02. The lowest BCUT2D eigenvalue weighted by atomic mass is 10.2. The Morgan fingerprint density at radius 1 is 1.55 bits per heavy atom. The molecule has 1 saturated heterocycles. The molecule has 0 radical (unpaired) electrons. The van der Waals surface area contributed by atoms with Crippen LogP contribution in [0.4, 0.5) is 5.69 Å². The van der Waals surface area contributed by atoms with E-state index in [0.717, 1.165) is 5.06 Å². The number of aliphatic carboxylic acids is 1. The molecule has 0 bridgehead atoms. The van der Waals surface area contributed by atoms with Crippen LogP contribution in [0.2, 0.25) is 0 Å². The van der Waals surface area contributed by atoms with Crippen LogP contribution < -0.4 is 10.5 Å². The second kappa shape index (κ2) is 5.79. The summed E-state index contributed by atoms with van der Waals surface area (Å²) >= 11 is 0. The first-order chi connectivity index (χ1) is 9.52. The molecule has 1 unspecified atom stereocenters. The first kappa shape index (κ1) is 14.1. The standard InChI is InChI=1S/C13H16N2O5/c1-19-9-3-2-8(10(14)6-9)7-20-15-11(13(17)18)4-5-12(15)16/h2-3,6,11H,4-5,7,14H2,1H3,(H,17,18). The number of anilines is 1. The van der Waals surface area contributed by atoms with Crippen molar-refractivity contribution in [1.29, 1.82) is 0 Å². The Hall–Kier alpha value is -2.28. The molecule has 3 N–H and O–H groups in total. The SMILES string of the molecule is COc1ccc(CON2C(=O)CCC2C(=O)O)c(N)c1. The monoisotopic (exact) mass is 280 g/mol. The van der Waals surface area contributed by atoms with Crippen molar-refractivity contribution in [1.82, 2.24) is 5.06 Å². The Balaban J connectivity index is 2.04. The number of benzene rings is 1. The Morgan fingerprint density at radius 2 is 2.30 bits per heavy atom. The number of rotatable bonds is 5. The Kier molecular flexibility index (Phi) is 4.09. The van der Waals surface area contributed by atoms with Crippen LogP contribution >= 0.6 is 0 Å². The smallest absolute Gasteiger partial charge is 0.329 e. The number of carboxylic acids is 1. The highest BCUT2D eigenvalue weighted by Gasteiger charge is 2.37. The molecule has 1 aliphatic rings. The van der Waals surface area contributed by atoms with Gasteiger partial charge in [-0.1, -0.05) is 6.07 Å². The van der Waals surface area contributed by atoms with Crippen LogP contribution in [0.15, 0.2) is 18.2 Å². The molecule has 1 amide bonds. The summed E-state index contributed by atoms with van der Waals surface area (Å²) in [6.45, 7) is 0.0331. The zero-order valence-electron chi connectivity index (χ0n) is 11.0. The molecule has 2 rings (SSSR count). The number of nitrogen functional groups attached to an aromatic ring is 1. The largest absolute Gasteiger partial charge is 0.497 e. The van der Waals surface area contributed by atoms with Gasteiger partial charge in [0.1, 0.15) is 12.4 Å². The van der Waals surface area contributed by atoms with Gasteiger partial charge in [0.05, 0.1) is 7.11 Å². The lowest BCUT2D eigenvalue weighted by Crippen LogP contribution is -2.38. The molecule has 1 fully saturated rings. The van der Waals surface area contributed by atoms with Gasteiger partial charge in [0.2, 0.25) is 5.91 Å². The fraction of sp³-hybridized carbons (Fsp3) is 0.385. The minimum absolute atomic E-state index is 0.0331. The lowest BCUT2D eigenvalue weighted by molar-refractivity contribution is -0.201. The maximum atomic E-state index is 11.6. The molecule has 20 heavy (non-hydrogen) atoms. The number of carbonyl (C=O) groups is 2. The molecule has 0 spiro atoms. The molecule has 1 atom stereocenters. The third kappa shape index (κ3) is 2.83. The van der Waals surface area contributed by atoms with Crippen LogP contribution in [0.5, 0.6) is 5.75 Å². The number of amides is 1. The molecule has 108 valence electrons. The third-order valence-corrected chi connectivity index (χ3v) is 3.16. The number of hydrogen-bond donors (Lipinski definition) is 2. The van der Waals surface area contributed by atoms with E-state index in [9.17, 15) is 9.59 Å². The summed E-state index contributed by atoms with van der Waals surface area (Å²) in [5.41, 5.74) is 6.95. The van der Waals surface area contributed by atoms with Crippen LogP contribution in [-0.2, 0) is 21.0 Å². The molecule has 0 aromatic heterocycles. The van der Waals surface area contributed by atoms with E-state index in [1.54, 1.807) is 18.2 Å². The number of carbonyl (C=O) groups excluding carboxylic acids is 1. The van der Waals surface area contributed by atoms with E-state index in [2.05, 4.69) is 0 Å². The second-order valence-corrected chi connectivity index (χ2v) is 4.45. The number of nitrogens with two attached hydrogens (primary N) is 1. The minimum Gasteiger partial charge on any atom is -0.497 e. The maximum Gasteiger partial charge on any atom is 0.329 e. The number of hydrogen-bond acceptors (Lipinski definition) is 5. The second-order valence-electron chi connectivity index (χ2n) is 4.45. The molecular formula is C13H16N2O5. The van der Waals surface area contributed by atoms with E-state index in [0.29, 0.717) is 17.0 Å². The number of methoxy groups -OCH3 is 1. The van der Waals surface area contributed by atoms with Crippen LogP contribution in [-0.4, -0.2) is 35.2 Å². The van der Waals surface area contributed by atoms with Crippen LogP contribution in [0.3, 0.4) is 0 Å². The summed E-state index contributed by atoms with van der Waals surface area (Å²) in [6.07, 6.45) is 0.432. The summed E-state index contributed by atoms with van der Waals surface area (Å²) in [6, 6.07) is 4.14. The summed E-state index contributed by atoms with van der Waals surface area (Å²) in [4.78, 5) is 27.9. The van der Waals surface area contributed by atoms with E-state index >= 15 is 0 Å². The van der Waals surface area contributed by atoms with Gasteiger partial charge >= 0.3 is 5.97 Å². The third-order valence-electron chi connectivity index (χ3n) is 3.16. The van der Waals surface area contributed by atoms with Crippen molar-refractivity contribution < 1.29 is 24.3 Å². The molecule has 1 aliphatic heterocycles. The Bertz CT molecular complexity index is 531. The van der Waals surface area contributed by atoms with Crippen LogP contribution in [0.1, 0.15) is 18.4 Å². The van der Waals surface area contributed by atoms with Crippen molar-refractivity contribution >= 4 is 17.6 Å². The topological polar surface area (TPSA) is 102 Å². The molecule has 0 saturated carbocycles. The first-order valence-electron chi connectivity index (χ1n) is 6.13. The van der Waals surface area contributed by atoms with Gasteiger partial charge in [-0.15, -0.1) is 0 Å². The quantitative estimate of drug-likeness (QED) is 0.773. The van der Waals surface area contributed by atoms with Gasteiger partial charge in [0.15, 0.2) is 6.04 Å². The Labute approximate surface area is 115 Å². The van der Waals surface area contributed by atoms with Crippen molar-refractivity contribution in [2.45, 2.75) is 25.5 Å². The predicted molar refractivity (Wildman–Crippen MR) is 69.7 cm³/mol. The highest BCUT2D eigenvalue weighted by molar-refractivity contribution is 5.86. The van der Waals surface area contributed by atoms with Gasteiger partial charge in [-0.3, -0.25) is 9.63 Å². The average Bonchev–Trinajstić information content (AvgIpc) is 2.78. The molecule has 7 nitrogen and oxygen atoms in total. The summed E-state index contributed by atoms with van der Waals surface area (Å²) < 4.78 is 5.03. The Morgan fingerprint density at radius 3 is 2.90 bits per heavy atom. The fourth-order valence-corrected chi connectivity index (χ4v) is 2.02. The summed E-state index contributed by atoms with van der Waals surface area (Å²) in [5, 5.41) is 9.93. The molecule has 1 heterocycles. The van der Waals surface area contributed by atoms with Crippen molar-refractivity contribution in [2.24, 2.45) is 0 Å². The van der Waals surface area contributed by atoms with Gasteiger partial charge in [0.25, 0.3) is 0 Å². The van der Waals surface area contributed by atoms with Gasteiger partial charge < -0.3 is 15.6 Å². The van der Waals surface area contributed by atoms with E-state index in [-0.39, 0.29) is 25.4 Å². The average molecular weight is 280 g/mol. The minimum atomic E-state index is -1.07. The molecular weight excluding hydrogens is 264 g/mol. The van der Waals surface area contributed by atoms with E-state index in [1.807, 2.05) is 0 Å². The lowest BCUT2D eigenvalue weighted by Gasteiger charge is -2.21. The normalized spacial score (nSPS) is 18.4. The zero-order chi connectivity index (χ0) is 14.7. The number of nitrogens with zero attached hydrogens (tertiary/aromatic N) is 1. The predicted octanol–water partition coefficient (Wildman–Crippen LogP) is 0.785. The highest BCUT2D eigenvalue weighted by atomic mass is 16.7. The maximum absolute atomic E-state index is 11.6. The van der Waals surface area contributed by atoms with Crippen molar-refractivity contribution in [2.75, 3.05) is 12.8 Å². The molecule has 1 aromatic carbocycles. The van der Waals surface area contributed by atoms with Crippen LogP contribution in [0.25, 0.3) is 0 Å². The molecule has 7 heteroatoms. The van der Waals surface area contributed by atoms with Gasteiger partial charge in [-0.05, 0) is 12.5 Å². The summed E-state index contributed by atoms with van der Waals surface area (Å²) in [5.74, 6) is -0.782. The van der Waals surface area contributed by atoms with Gasteiger partial charge in [-0.25, -0.2) is 9.86 Å². The zero-order valence-corrected chi connectivity index (χ0v) is 11.0.